The third kappa shape index (κ3) is 4.24. The van der Waals surface area contributed by atoms with E-state index >= 15 is 0 Å². The highest BCUT2D eigenvalue weighted by Crippen LogP contribution is 2.16. The lowest BCUT2D eigenvalue weighted by atomic mass is 10.8. The van der Waals surface area contributed by atoms with E-state index in [-0.39, 0.29) is 9.52 Å². The van der Waals surface area contributed by atoms with E-state index in [4.69, 9.17) is 0 Å². The summed E-state index contributed by atoms with van der Waals surface area (Å²) in [5.74, 6) is 0. The van der Waals surface area contributed by atoms with Gasteiger partial charge in [-0.3, -0.25) is 0 Å². The molecule has 0 radical (unpaired) electrons. The van der Waals surface area contributed by atoms with E-state index < -0.39 is 8.07 Å². The summed E-state index contributed by atoms with van der Waals surface area (Å²) in [6, 6.07) is 2.60. The van der Waals surface area contributed by atoms with Crippen molar-refractivity contribution in [2.45, 2.75) is 19.0 Å². The molecule has 13 heavy (non-hydrogen) atoms. The molecule has 0 bridgehead atoms. The lowest BCUT2D eigenvalue weighted by molar-refractivity contribution is 1.38. The number of hydrogen-bond acceptors (Lipinski definition) is 0. The minimum atomic E-state index is -1.47. The molecule has 0 aliphatic rings. The van der Waals surface area contributed by atoms with Gasteiger partial charge in [-0.1, -0.05) is 29.2 Å². The summed E-state index contributed by atoms with van der Waals surface area (Å²) in [5.41, 5.74) is 8.58. The van der Waals surface area contributed by atoms with Crippen LogP contribution < -0.4 is 0 Å². The van der Waals surface area contributed by atoms with E-state index in [9.17, 15) is 0 Å². The second kappa shape index (κ2) is 6.86. The Balaban J connectivity index is 4.03. The fourth-order valence-corrected chi connectivity index (χ4v) is 6.20. The largest absolute Gasteiger partial charge is 0.124 e. The highest BCUT2D eigenvalue weighted by molar-refractivity contribution is 6.93. The van der Waals surface area contributed by atoms with Crippen LogP contribution in [-0.4, -0.2) is 17.6 Å². The summed E-state index contributed by atoms with van der Waals surface area (Å²) in [6.45, 7) is 13.8. The zero-order valence-corrected chi connectivity index (χ0v) is 11.0. The Bertz CT molecular complexity index is 182. The summed E-state index contributed by atoms with van der Waals surface area (Å²) in [7, 11) is -1.46. The second-order valence-electron chi connectivity index (χ2n) is 3.19. The van der Waals surface area contributed by atoms with Gasteiger partial charge in [-0.2, -0.15) is 0 Å². The van der Waals surface area contributed by atoms with Gasteiger partial charge in [0.1, 0.15) is 8.07 Å². The van der Waals surface area contributed by atoms with Crippen molar-refractivity contribution in [2.75, 3.05) is 0 Å². The first-order valence-corrected chi connectivity index (χ1v) is 9.02. The molecule has 0 aromatic rings. The first-order chi connectivity index (χ1) is 6.24. The first kappa shape index (κ1) is 12.4. The zero-order chi connectivity index (χ0) is 10.2. The van der Waals surface area contributed by atoms with Crippen LogP contribution >= 0.6 is 0 Å². The Morgan fingerprint density at radius 3 is 2.08 bits per heavy atom. The molecule has 0 nitrogen and oxygen atoms in total. The Labute approximate surface area is 85.6 Å². The van der Waals surface area contributed by atoms with Crippen LogP contribution in [0.2, 0.25) is 12.1 Å². The van der Waals surface area contributed by atoms with Gasteiger partial charge in [-0.15, -0.1) is 25.4 Å². The molecule has 0 aliphatic carbocycles. The fraction of sp³-hybridized carbons (Fsp3) is 0.273. The SMILES string of the molecule is C=C[Si](C=C)(C=C)CC[SiH2]C=CC. The maximum Gasteiger partial charge on any atom is 0.124 e. The molecule has 72 valence electrons. The van der Waals surface area contributed by atoms with E-state index in [0.29, 0.717) is 0 Å². The van der Waals surface area contributed by atoms with Gasteiger partial charge in [-0.25, -0.2) is 0 Å². The van der Waals surface area contributed by atoms with Crippen LogP contribution in [0.5, 0.6) is 0 Å². The Morgan fingerprint density at radius 1 is 1.15 bits per heavy atom. The first-order valence-electron chi connectivity index (χ1n) is 4.76. The van der Waals surface area contributed by atoms with E-state index in [1.807, 2.05) is 0 Å². The van der Waals surface area contributed by atoms with E-state index in [1.54, 1.807) is 0 Å². The quantitative estimate of drug-likeness (QED) is 0.446. The maximum atomic E-state index is 3.89. The molecule has 0 aliphatic heterocycles. The molecule has 0 aromatic carbocycles. The topological polar surface area (TPSA) is 0 Å². The number of hydrogen-bond donors (Lipinski definition) is 0. The normalized spacial score (nSPS) is 12.4. The summed E-state index contributed by atoms with van der Waals surface area (Å²) in [6.07, 6.45) is 2.16. The average Bonchev–Trinajstić information content (AvgIpc) is 2.20. The monoisotopic (exact) mass is 208 g/mol. The second-order valence-corrected chi connectivity index (χ2v) is 8.89. The number of allylic oxidation sites excluding steroid dienone is 1. The molecule has 0 saturated carbocycles. The van der Waals surface area contributed by atoms with Crippen LogP contribution in [0.25, 0.3) is 0 Å². The van der Waals surface area contributed by atoms with Gasteiger partial charge in [0.25, 0.3) is 0 Å². The minimum Gasteiger partial charge on any atom is -0.106 e. The van der Waals surface area contributed by atoms with Crippen LogP contribution in [0.1, 0.15) is 6.92 Å². The number of rotatable bonds is 7. The predicted octanol–water partition coefficient (Wildman–Crippen LogP) is 2.73. The molecule has 2 heteroatoms. The fourth-order valence-electron chi connectivity index (χ4n) is 1.25. The lowest BCUT2D eigenvalue weighted by Gasteiger charge is -2.18. The van der Waals surface area contributed by atoms with Crippen molar-refractivity contribution in [3.8, 4) is 0 Å². The van der Waals surface area contributed by atoms with Crippen LogP contribution in [0.15, 0.2) is 48.6 Å². The van der Waals surface area contributed by atoms with Crippen LogP contribution in [0, 0.1) is 0 Å². The molecular formula is C11H20Si2. The van der Waals surface area contributed by atoms with Gasteiger partial charge in [-0.05, 0) is 13.0 Å². The molecule has 0 fully saturated rings. The van der Waals surface area contributed by atoms with Gasteiger partial charge in [0.05, 0.1) is 0 Å². The predicted molar refractivity (Wildman–Crippen MR) is 69.3 cm³/mol. The highest BCUT2D eigenvalue weighted by Gasteiger charge is 2.19. The Morgan fingerprint density at radius 2 is 1.69 bits per heavy atom. The molecule has 0 spiro atoms. The maximum absolute atomic E-state index is 3.89. The van der Waals surface area contributed by atoms with Crippen molar-refractivity contribution in [3.05, 3.63) is 48.6 Å². The molecule has 0 rings (SSSR count). The zero-order valence-electron chi connectivity index (χ0n) is 8.63. The Hall–Kier alpha value is -0.606. The molecule has 0 atom stereocenters. The highest BCUT2D eigenvalue weighted by atomic mass is 28.3. The summed E-state index contributed by atoms with van der Waals surface area (Å²) >= 11 is 0. The van der Waals surface area contributed by atoms with Gasteiger partial charge < -0.3 is 0 Å². The summed E-state index contributed by atoms with van der Waals surface area (Å²) < 4.78 is 0. The van der Waals surface area contributed by atoms with Gasteiger partial charge in [0, 0.05) is 9.52 Å². The lowest BCUT2D eigenvalue weighted by Crippen LogP contribution is -2.26. The van der Waals surface area contributed by atoms with Crippen molar-refractivity contribution in [2.24, 2.45) is 0 Å². The van der Waals surface area contributed by atoms with Crippen molar-refractivity contribution in [3.63, 3.8) is 0 Å². The van der Waals surface area contributed by atoms with Crippen LogP contribution in [-0.2, 0) is 0 Å². The van der Waals surface area contributed by atoms with Gasteiger partial charge in [0.15, 0.2) is 0 Å². The van der Waals surface area contributed by atoms with Crippen molar-refractivity contribution in [1.29, 1.82) is 0 Å². The molecule has 0 N–H and O–H groups in total. The van der Waals surface area contributed by atoms with E-state index in [1.165, 1.54) is 12.1 Å². The van der Waals surface area contributed by atoms with Crippen molar-refractivity contribution >= 4 is 17.6 Å². The third-order valence-electron chi connectivity index (χ3n) is 2.36. The van der Waals surface area contributed by atoms with Crippen molar-refractivity contribution in [1.82, 2.24) is 0 Å². The smallest absolute Gasteiger partial charge is 0.106 e. The van der Waals surface area contributed by atoms with Crippen LogP contribution in [0.3, 0.4) is 0 Å². The average molecular weight is 208 g/mol. The molecule has 0 saturated heterocycles. The molecule has 0 unspecified atom stereocenters. The van der Waals surface area contributed by atoms with E-state index in [2.05, 4.69) is 55.5 Å². The third-order valence-corrected chi connectivity index (χ3v) is 8.13. The summed E-state index contributed by atoms with van der Waals surface area (Å²) in [5, 5.41) is 0. The van der Waals surface area contributed by atoms with Gasteiger partial charge >= 0.3 is 0 Å². The standard InChI is InChI=1S/C11H20Si2/c1-5-9-12-10-11-13(6-2,7-3)8-4/h5-9H,2-4,10-12H2,1H3. The minimum absolute atomic E-state index is 0.0143. The van der Waals surface area contributed by atoms with Gasteiger partial charge in [0.2, 0.25) is 0 Å². The molecule has 0 heterocycles. The molecule has 0 amide bonds. The van der Waals surface area contributed by atoms with E-state index in [0.717, 1.165) is 0 Å². The summed E-state index contributed by atoms with van der Waals surface area (Å²) in [4.78, 5) is 0. The Kier molecular flexibility index (Phi) is 6.54. The van der Waals surface area contributed by atoms with Crippen molar-refractivity contribution < 1.29 is 0 Å². The molecule has 0 aromatic heterocycles. The van der Waals surface area contributed by atoms with Crippen LogP contribution in [0.4, 0.5) is 0 Å². The molecular weight excluding hydrogens is 188 g/mol.